The van der Waals surface area contributed by atoms with Crippen LogP contribution in [0.15, 0.2) is 16.6 Å². The highest BCUT2D eigenvalue weighted by Crippen LogP contribution is 2.35. The van der Waals surface area contributed by atoms with E-state index in [-0.39, 0.29) is 5.75 Å². The lowest BCUT2D eigenvalue weighted by atomic mass is 10.0. The molecule has 4 heteroatoms. The molecule has 1 aromatic rings. The number of rotatable bonds is 6. The second-order valence-electron chi connectivity index (χ2n) is 5.26. The van der Waals surface area contributed by atoms with Crippen molar-refractivity contribution in [3.05, 3.63) is 22.2 Å². The van der Waals surface area contributed by atoms with Crippen LogP contribution in [0.25, 0.3) is 0 Å². The number of phenolic OH excluding ortho intramolecular Hbond substituents is 1. The van der Waals surface area contributed by atoms with Gasteiger partial charge in [0.05, 0.1) is 11.1 Å². The predicted molar refractivity (Wildman–Crippen MR) is 82.7 cm³/mol. The van der Waals surface area contributed by atoms with Crippen LogP contribution in [0.2, 0.25) is 0 Å². The summed E-state index contributed by atoms with van der Waals surface area (Å²) in [6, 6.07) is 4.36. The Morgan fingerprint density at radius 3 is 2.47 bits per heavy atom. The fraction of sp³-hybridized carbons (Fsp3) is 0.600. The van der Waals surface area contributed by atoms with Crippen molar-refractivity contribution in [2.45, 2.75) is 40.3 Å². The summed E-state index contributed by atoms with van der Waals surface area (Å²) in [7, 11) is 2.12. The van der Waals surface area contributed by atoms with Crippen molar-refractivity contribution in [3.8, 4) is 11.5 Å². The van der Waals surface area contributed by atoms with E-state index in [9.17, 15) is 5.11 Å². The zero-order chi connectivity index (χ0) is 14.6. The number of phenols is 1. The highest BCUT2D eigenvalue weighted by atomic mass is 79.9. The van der Waals surface area contributed by atoms with Crippen LogP contribution < -0.4 is 4.74 Å². The molecule has 0 spiro atoms. The van der Waals surface area contributed by atoms with Crippen LogP contribution in [0, 0.1) is 5.92 Å². The third-order valence-corrected chi connectivity index (χ3v) is 4.08. The Morgan fingerprint density at radius 1 is 1.32 bits per heavy atom. The first-order valence-electron chi connectivity index (χ1n) is 6.71. The fourth-order valence-electron chi connectivity index (χ4n) is 1.92. The first kappa shape index (κ1) is 16.3. The lowest BCUT2D eigenvalue weighted by Crippen LogP contribution is -2.32. The summed E-state index contributed by atoms with van der Waals surface area (Å²) in [6.45, 7) is 9.95. The van der Waals surface area contributed by atoms with Crippen LogP contribution >= 0.6 is 15.9 Å². The highest BCUT2D eigenvalue weighted by Gasteiger charge is 2.15. The molecule has 0 amide bonds. The van der Waals surface area contributed by atoms with E-state index in [2.05, 4.69) is 48.6 Å². The summed E-state index contributed by atoms with van der Waals surface area (Å²) >= 11 is 3.37. The molecule has 0 heterocycles. The van der Waals surface area contributed by atoms with Crippen LogP contribution in [0.3, 0.4) is 0 Å². The Labute approximate surface area is 124 Å². The average molecular weight is 330 g/mol. The Morgan fingerprint density at radius 2 is 1.95 bits per heavy atom. The molecule has 108 valence electrons. The third-order valence-electron chi connectivity index (χ3n) is 3.48. The van der Waals surface area contributed by atoms with Crippen LogP contribution in [0.4, 0.5) is 0 Å². The quantitative estimate of drug-likeness (QED) is 0.855. The molecule has 0 radical (unpaired) electrons. The zero-order valence-corrected chi connectivity index (χ0v) is 14.0. The Kier molecular flexibility index (Phi) is 6.14. The fourth-order valence-corrected chi connectivity index (χ4v) is 2.41. The van der Waals surface area contributed by atoms with Crippen molar-refractivity contribution >= 4 is 15.9 Å². The van der Waals surface area contributed by atoms with Crippen molar-refractivity contribution in [3.63, 3.8) is 0 Å². The van der Waals surface area contributed by atoms with Gasteiger partial charge in [-0.05, 0) is 60.4 Å². The molecular formula is C15H24BrNO2. The molecule has 0 aromatic heterocycles. The molecular weight excluding hydrogens is 306 g/mol. The van der Waals surface area contributed by atoms with Gasteiger partial charge < -0.3 is 9.84 Å². The molecule has 1 rings (SSSR count). The number of ether oxygens (including phenoxy) is 1. The van der Waals surface area contributed by atoms with Crippen molar-refractivity contribution in [1.29, 1.82) is 0 Å². The summed E-state index contributed by atoms with van der Waals surface area (Å²) in [5.41, 5.74) is 1.13. The molecule has 0 saturated heterocycles. The molecule has 3 nitrogen and oxygen atoms in total. The van der Waals surface area contributed by atoms with E-state index in [1.807, 2.05) is 19.1 Å². The number of nitrogens with zero attached hydrogens (tertiary/aromatic N) is 1. The van der Waals surface area contributed by atoms with Crippen LogP contribution in [-0.4, -0.2) is 29.7 Å². The molecule has 1 unspecified atom stereocenters. The topological polar surface area (TPSA) is 32.7 Å². The van der Waals surface area contributed by atoms with Gasteiger partial charge in [-0.3, -0.25) is 4.90 Å². The minimum Gasteiger partial charge on any atom is -0.503 e. The first-order chi connectivity index (χ1) is 8.86. The number of hydrogen-bond acceptors (Lipinski definition) is 3. The maximum Gasteiger partial charge on any atom is 0.172 e. The van der Waals surface area contributed by atoms with E-state index >= 15 is 0 Å². The van der Waals surface area contributed by atoms with Crippen molar-refractivity contribution in [1.82, 2.24) is 4.90 Å². The van der Waals surface area contributed by atoms with Crippen molar-refractivity contribution in [2.75, 3.05) is 13.7 Å². The molecule has 0 saturated carbocycles. The summed E-state index contributed by atoms with van der Waals surface area (Å²) in [4.78, 5) is 2.30. The van der Waals surface area contributed by atoms with Crippen LogP contribution in [0.5, 0.6) is 11.5 Å². The Hall–Kier alpha value is -0.740. The van der Waals surface area contributed by atoms with E-state index in [0.717, 1.165) is 12.1 Å². The summed E-state index contributed by atoms with van der Waals surface area (Å²) < 4.78 is 6.13. The third kappa shape index (κ3) is 4.39. The minimum atomic E-state index is 0.171. The molecule has 0 bridgehead atoms. The van der Waals surface area contributed by atoms with E-state index < -0.39 is 0 Å². The standard InChI is InChI=1S/C15H24BrNO2/c1-6-19-14-8-12(7-13(16)15(14)18)9-17(5)11(4)10(2)3/h7-8,10-11,18H,6,9H2,1-5H3. The van der Waals surface area contributed by atoms with Gasteiger partial charge in [-0.2, -0.15) is 0 Å². The monoisotopic (exact) mass is 329 g/mol. The zero-order valence-electron chi connectivity index (χ0n) is 12.4. The lowest BCUT2D eigenvalue weighted by Gasteiger charge is -2.28. The van der Waals surface area contributed by atoms with Gasteiger partial charge >= 0.3 is 0 Å². The second-order valence-corrected chi connectivity index (χ2v) is 6.11. The maximum atomic E-state index is 9.90. The lowest BCUT2D eigenvalue weighted by molar-refractivity contribution is 0.200. The number of halogens is 1. The molecule has 1 atom stereocenters. The first-order valence-corrected chi connectivity index (χ1v) is 7.50. The molecule has 0 aliphatic rings. The SMILES string of the molecule is CCOc1cc(CN(C)C(C)C(C)C)cc(Br)c1O. The number of benzene rings is 1. The van der Waals surface area contributed by atoms with Gasteiger partial charge in [0.2, 0.25) is 0 Å². The van der Waals surface area contributed by atoms with Crippen molar-refractivity contribution in [2.24, 2.45) is 5.92 Å². The van der Waals surface area contributed by atoms with Gasteiger partial charge in [0.1, 0.15) is 0 Å². The largest absolute Gasteiger partial charge is 0.503 e. The molecule has 1 aromatic carbocycles. The Balaban J connectivity index is 2.90. The van der Waals surface area contributed by atoms with Crippen LogP contribution in [-0.2, 0) is 6.54 Å². The number of hydrogen-bond donors (Lipinski definition) is 1. The molecule has 1 N–H and O–H groups in total. The highest BCUT2D eigenvalue weighted by molar-refractivity contribution is 9.10. The molecule has 0 aliphatic heterocycles. The second kappa shape index (κ2) is 7.15. The summed E-state index contributed by atoms with van der Waals surface area (Å²) in [5.74, 6) is 1.32. The molecule has 19 heavy (non-hydrogen) atoms. The van der Waals surface area contributed by atoms with Gasteiger partial charge in [0.15, 0.2) is 11.5 Å². The smallest absolute Gasteiger partial charge is 0.172 e. The Bertz CT molecular complexity index is 421. The molecule has 0 aliphatic carbocycles. The number of aromatic hydroxyl groups is 1. The predicted octanol–water partition coefficient (Wildman–Crippen LogP) is 4.03. The van der Waals surface area contributed by atoms with E-state index in [0.29, 0.717) is 28.8 Å². The van der Waals surface area contributed by atoms with Gasteiger partial charge in [0.25, 0.3) is 0 Å². The average Bonchev–Trinajstić information content (AvgIpc) is 2.34. The van der Waals surface area contributed by atoms with Gasteiger partial charge in [0, 0.05) is 12.6 Å². The van der Waals surface area contributed by atoms with E-state index in [4.69, 9.17) is 4.74 Å². The van der Waals surface area contributed by atoms with Gasteiger partial charge in [-0.25, -0.2) is 0 Å². The normalized spacial score (nSPS) is 13.1. The summed E-state index contributed by atoms with van der Waals surface area (Å²) in [5, 5.41) is 9.90. The summed E-state index contributed by atoms with van der Waals surface area (Å²) in [6.07, 6.45) is 0. The van der Waals surface area contributed by atoms with Crippen molar-refractivity contribution < 1.29 is 9.84 Å². The van der Waals surface area contributed by atoms with Crippen LogP contribution in [0.1, 0.15) is 33.3 Å². The van der Waals surface area contributed by atoms with Gasteiger partial charge in [-0.15, -0.1) is 0 Å². The maximum absolute atomic E-state index is 9.90. The minimum absolute atomic E-state index is 0.171. The van der Waals surface area contributed by atoms with Gasteiger partial charge in [-0.1, -0.05) is 13.8 Å². The van der Waals surface area contributed by atoms with E-state index in [1.54, 1.807) is 0 Å². The van der Waals surface area contributed by atoms with E-state index in [1.165, 1.54) is 0 Å². The molecule has 0 fully saturated rings.